The van der Waals surface area contributed by atoms with Crippen molar-refractivity contribution in [2.24, 2.45) is 5.92 Å². The molecule has 1 aromatic heterocycles. The molecule has 0 amide bonds. The molecule has 1 fully saturated rings. The van der Waals surface area contributed by atoms with Crippen LogP contribution in [-0.2, 0) is 29.8 Å². The van der Waals surface area contributed by atoms with Crippen molar-refractivity contribution >= 4 is 19.5 Å². The van der Waals surface area contributed by atoms with Gasteiger partial charge >= 0.3 is 19.4 Å². The Hall–Kier alpha value is -3.58. The Labute approximate surface area is 249 Å². The maximum Gasteiger partial charge on any atom is 0.459 e. The molecular weight excluding hydrogens is 579 g/mol. The highest BCUT2D eigenvalue weighted by atomic mass is 31.2. The van der Waals surface area contributed by atoms with Crippen LogP contribution in [0.2, 0.25) is 0 Å². The molecule has 2 heterocycles. The van der Waals surface area contributed by atoms with Gasteiger partial charge in [0.25, 0.3) is 0 Å². The van der Waals surface area contributed by atoms with Crippen LogP contribution in [-0.4, -0.2) is 62.8 Å². The van der Waals surface area contributed by atoms with Gasteiger partial charge in [-0.15, -0.1) is 0 Å². The fourth-order valence-corrected chi connectivity index (χ4v) is 6.01. The van der Waals surface area contributed by atoms with Crippen LogP contribution in [0.3, 0.4) is 0 Å². The van der Waals surface area contributed by atoms with Crippen molar-refractivity contribution in [1.82, 2.24) is 14.6 Å². The molecule has 1 unspecified atom stereocenters. The standard InChI is InChI=1S/C29H37N4O9P/c1-19(2)26(35)39-17-21(16-20-10-6-4-7-11-20)32-43(38,42-22-12-8-5-9-13-22)40-18-23-25(34)29(3,37)27(41-23)33-15-14-24(30)31-28(33)36/h4-15,19,21,23,25,27,34,37H,16-18H2,1-3H3,(H,32,38)(H2,30,31,36)/t21-,23-,25-,27-,29-,43?/m1/s1. The Bertz CT molecular complexity index is 1470. The van der Waals surface area contributed by atoms with Gasteiger partial charge in [0.2, 0.25) is 0 Å². The number of rotatable bonds is 13. The number of carbonyl (C=O) groups excluding carboxylic acids is 1. The second-order valence-electron chi connectivity index (χ2n) is 10.7. The molecular formula is C29H37N4O9P. The van der Waals surface area contributed by atoms with E-state index in [0.717, 1.165) is 10.1 Å². The number of para-hydroxylation sites is 1. The number of aliphatic hydroxyl groups is 2. The van der Waals surface area contributed by atoms with Gasteiger partial charge in [0.05, 0.1) is 18.6 Å². The van der Waals surface area contributed by atoms with Gasteiger partial charge in [-0.25, -0.2) is 14.4 Å². The summed E-state index contributed by atoms with van der Waals surface area (Å²) in [5.41, 5.74) is 3.71. The molecule has 0 radical (unpaired) electrons. The number of aliphatic hydroxyl groups excluding tert-OH is 1. The largest absolute Gasteiger partial charge is 0.464 e. The summed E-state index contributed by atoms with van der Waals surface area (Å²) in [7, 11) is -4.26. The zero-order chi connectivity index (χ0) is 31.2. The normalized spacial score (nSPS) is 23.9. The number of benzene rings is 2. The average Bonchev–Trinajstić information content (AvgIpc) is 3.19. The van der Waals surface area contributed by atoms with Gasteiger partial charge in [0, 0.05) is 6.20 Å². The molecule has 2 aromatic carbocycles. The third-order valence-corrected chi connectivity index (χ3v) is 8.42. The number of hydrogen-bond donors (Lipinski definition) is 4. The lowest BCUT2D eigenvalue weighted by Gasteiger charge is -2.28. The number of anilines is 1. The second kappa shape index (κ2) is 13.8. The van der Waals surface area contributed by atoms with Gasteiger partial charge in [-0.1, -0.05) is 62.4 Å². The molecule has 5 N–H and O–H groups in total. The number of hydrogen-bond acceptors (Lipinski definition) is 11. The second-order valence-corrected chi connectivity index (χ2v) is 12.4. The number of ether oxygens (including phenoxy) is 2. The van der Waals surface area contributed by atoms with E-state index in [1.165, 1.54) is 19.2 Å². The predicted octanol–water partition coefficient (Wildman–Crippen LogP) is 2.44. The summed E-state index contributed by atoms with van der Waals surface area (Å²) >= 11 is 0. The lowest BCUT2D eigenvalue weighted by Crippen LogP contribution is -2.46. The summed E-state index contributed by atoms with van der Waals surface area (Å²) in [5.74, 6) is -0.587. The fraction of sp³-hybridized carbons (Fsp3) is 0.414. The minimum absolute atomic E-state index is 0.0199. The smallest absolute Gasteiger partial charge is 0.459 e. The number of nitrogens with two attached hydrogens (primary N) is 1. The van der Waals surface area contributed by atoms with Crippen LogP contribution in [0.1, 0.15) is 32.6 Å². The fourth-order valence-electron chi connectivity index (χ4n) is 4.48. The van der Waals surface area contributed by atoms with Gasteiger partial charge in [0.15, 0.2) is 6.23 Å². The van der Waals surface area contributed by atoms with Crippen molar-refractivity contribution in [2.45, 2.75) is 57.3 Å². The first kappa shape index (κ1) is 32.3. The average molecular weight is 617 g/mol. The van der Waals surface area contributed by atoms with E-state index in [1.807, 2.05) is 30.3 Å². The van der Waals surface area contributed by atoms with E-state index in [4.69, 9.17) is 24.3 Å². The van der Waals surface area contributed by atoms with E-state index < -0.39 is 56.1 Å². The lowest BCUT2D eigenvalue weighted by atomic mass is 9.96. The van der Waals surface area contributed by atoms with Crippen LogP contribution in [0.25, 0.3) is 0 Å². The molecule has 0 bridgehead atoms. The molecule has 1 aliphatic heterocycles. The van der Waals surface area contributed by atoms with Crippen molar-refractivity contribution in [2.75, 3.05) is 18.9 Å². The summed E-state index contributed by atoms with van der Waals surface area (Å²) in [6.45, 7) is 4.06. The zero-order valence-corrected chi connectivity index (χ0v) is 25.0. The molecule has 43 heavy (non-hydrogen) atoms. The van der Waals surface area contributed by atoms with Gasteiger partial charge in [0.1, 0.15) is 36.0 Å². The Morgan fingerprint density at radius 1 is 1.16 bits per heavy atom. The third kappa shape index (κ3) is 8.29. The van der Waals surface area contributed by atoms with Crippen LogP contribution >= 0.6 is 7.75 Å². The Balaban J connectivity index is 1.57. The molecule has 13 nitrogen and oxygen atoms in total. The molecule has 1 saturated heterocycles. The number of nitrogens with zero attached hydrogens (tertiary/aromatic N) is 2. The molecule has 232 valence electrons. The summed E-state index contributed by atoms with van der Waals surface area (Å²) in [6, 6.07) is 18.3. The predicted molar refractivity (Wildman–Crippen MR) is 157 cm³/mol. The Morgan fingerprint density at radius 2 is 1.81 bits per heavy atom. The van der Waals surface area contributed by atoms with Crippen LogP contribution in [0.5, 0.6) is 5.75 Å². The zero-order valence-electron chi connectivity index (χ0n) is 24.1. The molecule has 14 heteroatoms. The topological polar surface area (TPSA) is 184 Å². The minimum Gasteiger partial charge on any atom is -0.464 e. The minimum atomic E-state index is -4.26. The number of carbonyl (C=O) groups is 1. The van der Waals surface area contributed by atoms with Crippen molar-refractivity contribution in [3.05, 3.63) is 89.0 Å². The van der Waals surface area contributed by atoms with Crippen molar-refractivity contribution in [3.8, 4) is 5.75 Å². The molecule has 4 rings (SSSR count). The van der Waals surface area contributed by atoms with Gasteiger partial charge in [-0.05, 0) is 37.1 Å². The first-order chi connectivity index (χ1) is 20.4. The molecule has 0 saturated carbocycles. The number of aromatic nitrogens is 2. The van der Waals surface area contributed by atoms with E-state index in [2.05, 4.69) is 10.1 Å². The Kier molecular flexibility index (Phi) is 10.4. The maximum absolute atomic E-state index is 14.3. The van der Waals surface area contributed by atoms with E-state index in [0.29, 0.717) is 6.42 Å². The highest BCUT2D eigenvalue weighted by molar-refractivity contribution is 7.52. The van der Waals surface area contributed by atoms with Crippen LogP contribution in [0, 0.1) is 5.92 Å². The lowest BCUT2D eigenvalue weighted by molar-refractivity contribution is -0.148. The molecule has 3 aromatic rings. The highest BCUT2D eigenvalue weighted by Crippen LogP contribution is 2.47. The summed E-state index contributed by atoms with van der Waals surface area (Å²) in [4.78, 5) is 28.3. The van der Waals surface area contributed by atoms with Crippen molar-refractivity contribution in [1.29, 1.82) is 0 Å². The van der Waals surface area contributed by atoms with Crippen molar-refractivity contribution < 1.29 is 38.1 Å². The summed E-state index contributed by atoms with van der Waals surface area (Å²) in [5, 5.41) is 24.9. The van der Waals surface area contributed by atoms with E-state index in [9.17, 15) is 24.4 Å². The monoisotopic (exact) mass is 616 g/mol. The Morgan fingerprint density at radius 3 is 2.44 bits per heavy atom. The maximum atomic E-state index is 14.3. The number of nitrogen functional groups attached to an aromatic ring is 1. The van der Waals surface area contributed by atoms with Gasteiger partial charge in [-0.2, -0.15) is 4.98 Å². The quantitative estimate of drug-likeness (QED) is 0.163. The van der Waals surface area contributed by atoms with Gasteiger partial charge < -0.3 is 29.9 Å². The first-order valence-electron chi connectivity index (χ1n) is 13.8. The van der Waals surface area contributed by atoms with Crippen molar-refractivity contribution in [3.63, 3.8) is 0 Å². The molecule has 6 atom stereocenters. The van der Waals surface area contributed by atoms with E-state index in [-0.39, 0.29) is 24.1 Å². The summed E-state index contributed by atoms with van der Waals surface area (Å²) in [6.07, 6.45) is -2.54. The van der Waals surface area contributed by atoms with E-state index in [1.54, 1.807) is 44.2 Å². The third-order valence-electron chi connectivity index (χ3n) is 6.80. The number of nitrogens with one attached hydrogen (secondary N) is 1. The van der Waals surface area contributed by atoms with Gasteiger partial charge in [-0.3, -0.25) is 13.9 Å². The molecule has 0 spiro atoms. The molecule has 1 aliphatic rings. The molecule has 0 aliphatic carbocycles. The van der Waals surface area contributed by atoms with Crippen LogP contribution < -0.4 is 21.0 Å². The van der Waals surface area contributed by atoms with Crippen LogP contribution in [0.4, 0.5) is 5.82 Å². The van der Waals surface area contributed by atoms with E-state index >= 15 is 0 Å². The summed E-state index contributed by atoms with van der Waals surface area (Å²) < 4.78 is 38.2. The highest BCUT2D eigenvalue weighted by Gasteiger charge is 2.54. The number of esters is 1. The first-order valence-corrected chi connectivity index (χ1v) is 15.3. The van der Waals surface area contributed by atoms with Crippen LogP contribution in [0.15, 0.2) is 77.7 Å². The SMILES string of the molecule is CC(C)C(=O)OC[C@@H](Cc1ccccc1)NP(=O)(OC[C@H]1O[C@@H](n2ccc(N)nc2=O)[C@](C)(O)[C@@H]1O)Oc1ccccc1.